The highest BCUT2D eigenvalue weighted by Crippen LogP contribution is 2.19. The number of aryl methyl sites for hydroxylation is 2. The Kier molecular flexibility index (Phi) is 6.39. The van der Waals surface area contributed by atoms with E-state index in [-0.39, 0.29) is 5.91 Å². The van der Waals surface area contributed by atoms with Crippen molar-refractivity contribution < 1.29 is 9.32 Å². The van der Waals surface area contributed by atoms with Gasteiger partial charge < -0.3 is 9.84 Å². The average Bonchev–Trinajstić information content (AvgIpc) is 3.04. The number of anilines is 1. The largest absolute Gasteiger partial charge is 0.339 e. The first-order chi connectivity index (χ1) is 12.6. The molecular weight excluding hydrogens is 328 g/mol. The van der Waals surface area contributed by atoms with E-state index in [1.807, 2.05) is 12.1 Å². The number of hydrogen-bond donors (Lipinski definition) is 1. The molecular formula is C20H28N4O2. The predicted octanol–water partition coefficient (Wildman–Crippen LogP) is 3.57. The van der Waals surface area contributed by atoms with E-state index in [2.05, 4.69) is 39.4 Å². The Labute approximate surface area is 155 Å². The van der Waals surface area contributed by atoms with Crippen molar-refractivity contribution in [3.05, 3.63) is 41.5 Å². The highest BCUT2D eigenvalue weighted by Gasteiger charge is 2.15. The van der Waals surface area contributed by atoms with Crippen LogP contribution in [0.5, 0.6) is 0 Å². The van der Waals surface area contributed by atoms with Crippen LogP contribution in [0.4, 0.5) is 5.69 Å². The van der Waals surface area contributed by atoms with Gasteiger partial charge in [0.1, 0.15) is 0 Å². The molecule has 1 aliphatic heterocycles. The fraction of sp³-hybridized carbons (Fsp3) is 0.550. The molecule has 0 saturated carbocycles. The van der Waals surface area contributed by atoms with Crippen molar-refractivity contribution in [2.75, 3.05) is 18.4 Å². The van der Waals surface area contributed by atoms with Gasteiger partial charge in [-0.15, -0.1) is 0 Å². The van der Waals surface area contributed by atoms with Crippen LogP contribution in [0.2, 0.25) is 0 Å². The second-order valence-corrected chi connectivity index (χ2v) is 7.29. The summed E-state index contributed by atoms with van der Waals surface area (Å²) >= 11 is 0. The lowest BCUT2D eigenvalue weighted by Crippen LogP contribution is -2.32. The minimum Gasteiger partial charge on any atom is -0.339 e. The molecule has 3 rings (SSSR count). The van der Waals surface area contributed by atoms with Crippen molar-refractivity contribution in [2.24, 2.45) is 5.92 Å². The second kappa shape index (κ2) is 8.94. The molecule has 2 aromatic rings. The van der Waals surface area contributed by atoms with Crippen molar-refractivity contribution in [1.29, 1.82) is 0 Å². The average molecular weight is 356 g/mol. The quantitative estimate of drug-likeness (QED) is 0.821. The number of aromatic nitrogens is 2. The summed E-state index contributed by atoms with van der Waals surface area (Å²) in [6.07, 6.45) is 4.34. The molecule has 1 aromatic heterocycles. The fourth-order valence-electron chi connectivity index (χ4n) is 3.24. The number of piperidine rings is 1. The van der Waals surface area contributed by atoms with Gasteiger partial charge in [-0.3, -0.25) is 9.69 Å². The molecule has 1 N–H and O–H groups in total. The lowest BCUT2D eigenvalue weighted by molar-refractivity contribution is -0.116. The standard InChI is InChI=1S/C20H28N4O2/c1-15-10-12-24(13-11-15)14-17-6-8-18(9-7-17)22-19(25)4-3-5-20-21-16(2)23-26-20/h6-9,15H,3-5,10-14H2,1-2H3,(H,22,25). The predicted molar refractivity (Wildman–Crippen MR) is 101 cm³/mol. The topological polar surface area (TPSA) is 71.3 Å². The summed E-state index contributed by atoms with van der Waals surface area (Å²) in [5.74, 6) is 2.09. The molecule has 1 aliphatic rings. The maximum absolute atomic E-state index is 12.1. The van der Waals surface area contributed by atoms with Gasteiger partial charge in [0.15, 0.2) is 5.82 Å². The number of carbonyl (C=O) groups excluding carboxylic acids is 1. The van der Waals surface area contributed by atoms with Crippen LogP contribution in [0.1, 0.15) is 49.9 Å². The Morgan fingerprint density at radius 3 is 2.65 bits per heavy atom. The minimum atomic E-state index is 0.0130. The van der Waals surface area contributed by atoms with E-state index >= 15 is 0 Å². The van der Waals surface area contributed by atoms with Gasteiger partial charge in [0, 0.05) is 25.1 Å². The van der Waals surface area contributed by atoms with Gasteiger partial charge in [-0.05, 0) is 62.9 Å². The van der Waals surface area contributed by atoms with Gasteiger partial charge in [-0.25, -0.2) is 0 Å². The van der Waals surface area contributed by atoms with E-state index in [0.29, 0.717) is 31.0 Å². The summed E-state index contributed by atoms with van der Waals surface area (Å²) in [6, 6.07) is 8.19. The highest BCUT2D eigenvalue weighted by atomic mass is 16.5. The number of nitrogens with zero attached hydrogens (tertiary/aromatic N) is 3. The number of likely N-dealkylation sites (tertiary alicyclic amines) is 1. The number of benzene rings is 1. The van der Waals surface area contributed by atoms with E-state index in [0.717, 1.165) is 18.2 Å². The maximum Gasteiger partial charge on any atom is 0.226 e. The minimum absolute atomic E-state index is 0.0130. The molecule has 1 aromatic carbocycles. The van der Waals surface area contributed by atoms with E-state index < -0.39 is 0 Å². The molecule has 140 valence electrons. The van der Waals surface area contributed by atoms with E-state index in [1.165, 1.54) is 31.5 Å². The molecule has 6 nitrogen and oxygen atoms in total. The smallest absolute Gasteiger partial charge is 0.226 e. The first kappa shape index (κ1) is 18.6. The Hall–Kier alpha value is -2.21. The van der Waals surface area contributed by atoms with Crippen LogP contribution in [0.15, 0.2) is 28.8 Å². The molecule has 0 atom stereocenters. The molecule has 0 spiro atoms. The van der Waals surface area contributed by atoms with Crippen LogP contribution >= 0.6 is 0 Å². The monoisotopic (exact) mass is 356 g/mol. The number of carbonyl (C=O) groups is 1. The normalized spacial score (nSPS) is 15.9. The first-order valence-electron chi connectivity index (χ1n) is 9.49. The maximum atomic E-state index is 12.1. The summed E-state index contributed by atoms with van der Waals surface area (Å²) < 4.78 is 5.05. The number of hydrogen-bond acceptors (Lipinski definition) is 5. The van der Waals surface area contributed by atoms with E-state index in [4.69, 9.17) is 4.52 Å². The van der Waals surface area contributed by atoms with E-state index in [1.54, 1.807) is 6.92 Å². The van der Waals surface area contributed by atoms with Gasteiger partial charge in [-0.1, -0.05) is 24.2 Å². The molecule has 26 heavy (non-hydrogen) atoms. The van der Waals surface area contributed by atoms with Crippen LogP contribution < -0.4 is 5.32 Å². The fourth-order valence-corrected chi connectivity index (χ4v) is 3.24. The van der Waals surface area contributed by atoms with Gasteiger partial charge in [0.25, 0.3) is 0 Å². The van der Waals surface area contributed by atoms with Crippen molar-refractivity contribution in [3.63, 3.8) is 0 Å². The molecule has 0 aliphatic carbocycles. The highest BCUT2D eigenvalue weighted by molar-refractivity contribution is 5.90. The molecule has 1 fully saturated rings. The molecule has 6 heteroatoms. The second-order valence-electron chi connectivity index (χ2n) is 7.29. The van der Waals surface area contributed by atoms with Crippen molar-refractivity contribution in [2.45, 2.75) is 52.5 Å². The Morgan fingerprint density at radius 1 is 1.27 bits per heavy atom. The summed E-state index contributed by atoms with van der Waals surface area (Å²) in [5.41, 5.74) is 2.14. The third-order valence-corrected chi connectivity index (χ3v) is 4.88. The third kappa shape index (κ3) is 5.66. The Morgan fingerprint density at radius 2 is 2.00 bits per heavy atom. The molecule has 0 radical (unpaired) electrons. The van der Waals surface area contributed by atoms with Gasteiger partial charge in [0.2, 0.25) is 11.8 Å². The Balaban J connectivity index is 1.39. The van der Waals surface area contributed by atoms with Crippen LogP contribution in [0.3, 0.4) is 0 Å². The molecule has 1 amide bonds. The number of nitrogens with one attached hydrogen (secondary N) is 1. The summed E-state index contributed by atoms with van der Waals surface area (Å²) in [7, 11) is 0. The zero-order chi connectivity index (χ0) is 18.4. The summed E-state index contributed by atoms with van der Waals surface area (Å²) in [6.45, 7) is 7.47. The summed E-state index contributed by atoms with van der Waals surface area (Å²) in [5, 5.41) is 6.70. The van der Waals surface area contributed by atoms with Gasteiger partial charge in [-0.2, -0.15) is 4.98 Å². The first-order valence-corrected chi connectivity index (χ1v) is 9.49. The van der Waals surface area contributed by atoms with Gasteiger partial charge in [0.05, 0.1) is 0 Å². The number of amides is 1. The molecule has 2 heterocycles. The van der Waals surface area contributed by atoms with Crippen LogP contribution in [-0.4, -0.2) is 34.0 Å². The zero-order valence-electron chi connectivity index (χ0n) is 15.7. The van der Waals surface area contributed by atoms with Crippen molar-refractivity contribution in [3.8, 4) is 0 Å². The lowest BCUT2D eigenvalue weighted by atomic mass is 9.99. The molecule has 0 bridgehead atoms. The van der Waals surface area contributed by atoms with Crippen LogP contribution in [0, 0.1) is 12.8 Å². The van der Waals surface area contributed by atoms with Crippen molar-refractivity contribution >= 4 is 11.6 Å². The lowest BCUT2D eigenvalue weighted by Gasteiger charge is -2.30. The van der Waals surface area contributed by atoms with Crippen LogP contribution in [0.25, 0.3) is 0 Å². The van der Waals surface area contributed by atoms with Crippen molar-refractivity contribution in [1.82, 2.24) is 15.0 Å². The molecule has 1 saturated heterocycles. The number of rotatable bonds is 7. The van der Waals surface area contributed by atoms with E-state index in [9.17, 15) is 4.79 Å². The van der Waals surface area contributed by atoms with Crippen LogP contribution in [-0.2, 0) is 17.8 Å². The third-order valence-electron chi connectivity index (χ3n) is 4.88. The van der Waals surface area contributed by atoms with Gasteiger partial charge >= 0.3 is 0 Å². The zero-order valence-corrected chi connectivity index (χ0v) is 15.7. The Bertz CT molecular complexity index is 703. The summed E-state index contributed by atoms with van der Waals surface area (Å²) in [4.78, 5) is 18.7. The molecule has 0 unspecified atom stereocenters. The SMILES string of the molecule is Cc1noc(CCCC(=O)Nc2ccc(CN3CCC(C)CC3)cc2)n1.